The van der Waals surface area contributed by atoms with E-state index in [1.807, 2.05) is 26.0 Å². The van der Waals surface area contributed by atoms with Gasteiger partial charge in [0.05, 0.1) is 0 Å². The Morgan fingerprint density at radius 3 is 2.30 bits per heavy atom. The Bertz CT molecular complexity index is 755. The molecule has 0 unspecified atom stereocenters. The molecule has 0 saturated heterocycles. The maximum absolute atomic E-state index is 12.2. The number of hydrogen-bond donors (Lipinski definition) is 1. The lowest BCUT2D eigenvalue weighted by Gasteiger charge is -2.09. The molecular weight excluding hydrogens is 274 g/mol. The highest BCUT2D eigenvalue weighted by Gasteiger charge is 2.15. The summed E-state index contributed by atoms with van der Waals surface area (Å²) in [6.45, 7) is 3.79. The molecule has 0 saturated carbocycles. The Hall–Kier alpha value is -2.39. The molecule has 102 valence electrons. The van der Waals surface area contributed by atoms with Gasteiger partial charge >= 0.3 is 0 Å². The highest BCUT2D eigenvalue weighted by atomic mass is 32.2. The smallest absolute Gasteiger partial charge is 0.263 e. The van der Waals surface area contributed by atoms with Crippen molar-refractivity contribution in [2.45, 2.75) is 18.7 Å². The number of anilines is 1. The van der Waals surface area contributed by atoms with E-state index in [1.54, 1.807) is 12.1 Å². The van der Waals surface area contributed by atoms with Crippen LogP contribution in [-0.2, 0) is 10.0 Å². The fourth-order valence-electron chi connectivity index (χ4n) is 1.85. The number of nitrogens with one attached hydrogen (secondary N) is 1. The molecule has 20 heavy (non-hydrogen) atoms. The minimum Gasteiger partial charge on any atom is -0.280 e. The van der Waals surface area contributed by atoms with Gasteiger partial charge in [-0.05, 0) is 49.2 Å². The Balaban J connectivity index is 2.33. The minimum absolute atomic E-state index is 0.0238. The van der Waals surface area contributed by atoms with Gasteiger partial charge in [0.25, 0.3) is 10.0 Å². The molecule has 1 N–H and O–H groups in total. The largest absolute Gasteiger partial charge is 0.280 e. The summed E-state index contributed by atoms with van der Waals surface area (Å²) in [6.07, 6.45) is 1.17. The molecule has 1 heterocycles. The molecule has 0 aliphatic heterocycles. The SMILES string of the molecule is Cc1cc(C)cc(NS(=O)(=O)c2ccc(C#N)nc2)c1. The van der Waals surface area contributed by atoms with E-state index in [9.17, 15) is 8.42 Å². The fourth-order valence-corrected chi connectivity index (χ4v) is 2.84. The Labute approximate surface area is 118 Å². The number of pyridine rings is 1. The van der Waals surface area contributed by atoms with Crippen molar-refractivity contribution in [1.82, 2.24) is 4.98 Å². The van der Waals surface area contributed by atoms with Crippen molar-refractivity contribution >= 4 is 15.7 Å². The zero-order valence-electron chi connectivity index (χ0n) is 11.1. The van der Waals surface area contributed by atoms with Gasteiger partial charge in [-0.15, -0.1) is 0 Å². The van der Waals surface area contributed by atoms with Crippen molar-refractivity contribution < 1.29 is 8.42 Å². The van der Waals surface area contributed by atoms with E-state index < -0.39 is 10.0 Å². The highest BCUT2D eigenvalue weighted by Crippen LogP contribution is 2.18. The summed E-state index contributed by atoms with van der Waals surface area (Å²) in [5.74, 6) is 0. The monoisotopic (exact) mass is 287 g/mol. The van der Waals surface area contributed by atoms with Crippen LogP contribution in [0.25, 0.3) is 0 Å². The summed E-state index contributed by atoms with van der Waals surface area (Å²) in [5.41, 5.74) is 2.63. The maximum Gasteiger partial charge on any atom is 0.263 e. The molecule has 0 fully saturated rings. The molecule has 1 aromatic carbocycles. The second kappa shape index (κ2) is 5.31. The van der Waals surface area contributed by atoms with Crippen LogP contribution in [0.1, 0.15) is 16.8 Å². The van der Waals surface area contributed by atoms with Gasteiger partial charge in [-0.25, -0.2) is 13.4 Å². The van der Waals surface area contributed by atoms with Crippen molar-refractivity contribution in [3.63, 3.8) is 0 Å². The van der Waals surface area contributed by atoms with Crippen molar-refractivity contribution in [2.24, 2.45) is 0 Å². The van der Waals surface area contributed by atoms with Gasteiger partial charge in [0.15, 0.2) is 0 Å². The molecule has 5 nitrogen and oxygen atoms in total. The third-order valence-electron chi connectivity index (χ3n) is 2.64. The lowest BCUT2D eigenvalue weighted by molar-refractivity contribution is 0.601. The number of sulfonamides is 1. The molecule has 2 aromatic rings. The van der Waals surface area contributed by atoms with Crippen molar-refractivity contribution in [3.8, 4) is 6.07 Å². The van der Waals surface area contributed by atoms with Gasteiger partial charge in [-0.2, -0.15) is 5.26 Å². The van der Waals surface area contributed by atoms with Crippen molar-refractivity contribution in [3.05, 3.63) is 53.3 Å². The molecule has 2 rings (SSSR count). The van der Waals surface area contributed by atoms with Crippen LogP contribution in [0.5, 0.6) is 0 Å². The van der Waals surface area contributed by atoms with Crippen LogP contribution < -0.4 is 4.72 Å². The van der Waals surface area contributed by atoms with Gasteiger partial charge in [0, 0.05) is 11.9 Å². The van der Waals surface area contributed by atoms with Crippen LogP contribution in [0.15, 0.2) is 41.4 Å². The molecule has 0 amide bonds. The van der Waals surface area contributed by atoms with Gasteiger partial charge in [-0.1, -0.05) is 6.07 Å². The second-order valence-corrected chi connectivity index (χ2v) is 6.16. The molecule has 0 radical (unpaired) electrons. The Morgan fingerprint density at radius 1 is 1.15 bits per heavy atom. The summed E-state index contributed by atoms with van der Waals surface area (Å²) >= 11 is 0. The number of rotatable bonds is 3. The van der Waals surface area contributed by atoms with E-state index in [4.69, 9.17) is 5.26 Å². The summed E-state index contributed by atoms with van der Waals surface area (Å²) in [5, 5.41) is 8.65. The molecule has 1 aromatic heterocycles. The number of aryl methyl sites for hydroxylation is 2. The number of nitriles is 1. The van der Waals surface area contributed by atoms with Crippen LogP contribution in [0.4, 0.5) is 5.69 Å². The Morgan fingerprint density at radius 2 is 1.80 bits per heavy atom. The molecular formula is C14H13N3O2S. The van der Waals surface area contributed by atoms with E-state index in [-0.39, 0.29) is 10.6 Å². The average molecular weight is 287 g/mol. The fraction of sp³-hybridized carbons (Fsp3) is 0.143. The molecule has 0 bridgehead atoms. The first-order valence-corrected chi connectivity index (χ1v) is 7.36. The standard InChI is InChI=1S/C14H13N3O2S/c1-10-5-11(2)7-13(6-10)17-20(18,19)14-4-3-12(8-15)16-9-14/h3-7,9,17H,1-2H3. The van der Waals surface area contributed by atoms with Crippen LogP contribution in [-0.4, -0.2) is 13.4 Å². The zero-order chi connectivity index (χ0) is 14.8. The van der Waals surface area contributed by atoms with E-state index in [0.29, 0.717) is 5.69 Å². The predicted octanol–water partition coefficient (Wildman–Crippen LogP) is 2.37. The Kier molecular flexibility index (Phi) is 3.72. The predicted molar refractivity (Wildman–Crippen MR) is 75.7 cm³/mol. The number of nitrogens with zero attached hydrogens (tertiary/aromatic N) is 2. The lowest BCUT2D eigenvalue weighted by atomic mass is 10.1. The van der Waals surface area contributed by atoms with Gasteiger partial charge < -0.3 is 0 Å². The van der Waals surface area contributed by atoms with Crippen molar-refractivity contribution in [2.75, 3.05) is 4.72 Å². The van der Waals surface area contributed by atoms with Crippen LogP contribution in [0.2, 0.25) is 0 Å². The summed E-state index contributed by atoms with van der Waals surface area (Å²) in [7, 11) is -3.69. The molecule has 0 aliphatic carbocycles. The van der Waals surface area contributed by atoms with Gasteiger partial charge in [-0.3, -0.25) is 4.72 Å². The minimum atomic E-state index is -3.69. The molecule has 0 atom stereocenters. The summed E-state index contributed by atoms with van der Waals surface area (Å²) in [6, 6.07) is 10.0. The maximum atomic E-state index is 12.2. The van der Waals surface area contributed by atoms with E-state index >= 15 is 0 Å². The number of aromatic nitrogens is 1. The average Bonchev–Trinajstić information content (AvgIpc) is 2.37. The molecule has 0 aliphatic rings. The van der Waals surface area contributed by atoms with Gasteiger partial charge in [0.2, 0.25) is 0 Å². The first-order valence-electron chi connectivity index (χ1n) is 5.88. The second-order valence-electron chi connectivity index (χ2n) is 4.47. The topological polar surface area (TPSA) is 82.9 Å². The van der Waals surface area contributed by atoms with Crippen LogP contribution in [0.3, 0.4) is 0 Å². The quantitative estimate of drug-likeness (QED) is 0.939. The summed E-state index contributed by atoms with van der Waals surface area (Å²) < 4.78 is 26.9. The first-order chi connectivity index (χ1) is 9.40. The molecule has 0 spiro atoms. The lowest BCUT2D eigenvalue weighted by Crippen LogP contribution is -2.13. The van der Waals surface area contributed by atoms with Crippen LogP contribution in [0, 0.1) is 25.2 Å². The normalized spacial score (nSPS) is 10.8. The van der Waals surface area contributed by atoms with Crippen LogP contribution >= 0.6 is 0 Å². The summed E-state index contributed by atoms with van der Waals surface area (Å²) in [4.78, 5) is 3.78. The number of hydrogen-bond acceptors (Lipinski definition) is 4. The molecule has 6 heteroatoms. The third kappa shape index (κ3) is 3.13. The van der Waals surface area contributed by atoms with Crippen molar-refractivity contribution in [1.29, 1.82) is 5.26 Å². The van der Waals surface area contributed by atoms with E-state index in [1.165, 1.54) is 18.3 Å². The third-order valence-corrected chi connectivity index (χ3v) is 4.00. The zero-order valence-corrected chi connectivity index (χ0v) is 11.9. The van der Waals surface area contributed by atoms with E-state index in [2.05, 4.69) is 9.71 Å². The first kappa shape index (κ1) is 14.0. The highest BCUT2D eigenvalue weighted by molar-refractivity contribution is 7.92. The number of benzene rings is 1. The van der Waals surface area contributed by atoms with E-state index in [0.717, 1.165) is 11.1 Å². The van der Waals surface area contributed by atoms with Gasteiger partial charge in [0.1, 0.15) is 16.7 Å².